The Morgan fingerprint density at radius 2 is 2.44 bits per heavy atom. The van der Waals surface area contributed by atoms with Crippen LogP contribution in [0.4, 0.5) is 0 Å². The van der Waals surface area contributed by atoms with Gasteiger partial charge in [0.05, 0.1) is 17.5 Å². The first-order chi connectivity index (χ1) is 7.79. The Hall–Kier alpha value is -1.13. The van der Waals surface area contributed by atoms with E-state index in [1.54, 1.807) is 23.9 Å². The number of rotatable bonds is 5. The van der Waals surface area contributed by atoms with Crippen LogP contribution in [0.15, 0.2) is 29.2 Å². The third kappa shape index (κ3) is 2.71. The molecule has 0 amide bonds. The van der Waals surface area contributed by atoms with Crippen molar-refractivity contribution in [3.8, 4) is 0 Å². The zero-order chi connectivity index (χ0) is 11.4. The van der Waals surface area contributed by atoms with Crippen molar-refractivity contribution in [2.24, 2.45) is 0 Å². The van der Waals surface area contributed by atoms with Crippen LogP contribution in [0.3, 0.4) is 0 Å². The molecule has 0 saturated carbocycles. The maximum Gasteiger partial charge on any atom is 0.0950 e. The predicted molar refractivity (Wildman–Crippen MR) is 65.5 cm³/mol. The summed E-state index contributed by atoms with van der Waals surface area (Å²) in [6.45, 7) is 5.13. The second-order valence-corrected chi connectivity index (χ2v) is 4.93. The summed E-state index contributed by atoms with van der Waals surface area (Å²) in [6.07, 6.45) is 6.46. The van der Waals surface area contributed by atoms with Crippen molar-refractivity contribution in [3.63, 3.8) is 0 Å². The molecule has 0 fully saturated rings. The zero-order valence-corrected chi connectivity index (χ0v) is 10.4. The fourth-order valence-electron chi connectivity index (χ4n) is 1.49. The van der Waals surface area contributed by atoms with Crippen LogP contribution >= 0.6 is 11.3 Å². The van der Waals surface area contributed by atoms with Crippen molar-refractivity contribution in [1.82, 2.24) is 10.3 Å². The van der Waals surface area contributed by atoms with Crippen molar-refractivity contribution in [3.05, 3.63) is 40.2 Å². The SMILES string of the molecule is CCc1ncc(CNC(C)c2ccoc2)s1. The van der Waals surface area contributed by atoms with Gasteiger partial charge in [-0.3, -0.25) is 0 Å². The number of furan rings is 1. The van der Waals surface area contributed by atoms with Gasteiger partial charge in [0.25, 0.3) is 0 Å². The number of aryl methyl sites for hydroxylation is 1. The number of hydrogen-bond donors (Lipinski definition) is 1. The molecule has 2 heterocycles. The maximum atomic E-state index is 5.06. The first kappa shape index (κ1) is 11.4. The molecule has 2 aromatic heterocycles. The van der Waals surface area contributed by atoms with Crippen molar-refractivity contribution < 1.29 is 4.42 Å². The minimum Gasteiger partial charge on any atom is -0.472 e. The zero-order valence-electron chi connectivity index (χ0n) is 9.56. The summed E-state index contributed by atoms with van der Waals surface area (Å²) in [7, 11) is 0. The lowest BCUT2D eigenvalue weighted by atomic mass is 10.2. The van der Waals surface area contributed by atoms with E-state index in [-0.39, 0.29) is 0 Å². The number of thiazole rings is 1. The normalized spacial score (nSPS) is 12.9. The molecule has 0 radical (unpaired) electrons. The molecule has 0 aliphatic heterocycles. The van der Waals surface area contributed by atoms with Crippen LogP contribution in [-0.4, -0.2) is 4.98 Å². The van der Waals surface area contributed by atoms with E-state index in [1.807, 2.05) is 12.3 Å². The van der Waals surface area contributed by atoms with Crippen LogP contribution < -0.4 is 5.32 Å². The minimum atomic E-state index is 0.311. The Morgan fingerprint density at radius 1 is 1.56 bits per heavy atom. The van der Waals surface area contributed by atoms with E-state index in [4.69, 9.17) is 4.42 Å². The third-order valence-electron chi connectivity index (χ3n) is 2.53. The lowest BCUT2D eigenvalue weighted by Crippen LogP contribution is -2.16. The van der Waals surface area contributed by atoms with Gasteiger partial charge in [0, 0.05) is 29.2 Å². The van der Waals surface area contributed by atoms with Crippen LogP contribution in [0.5, 0.6) is 0 Å². The van der Waals surface area contributed by atoms with E-state index in [1.165, 1.54) is 15.4 Å². The summed E-state index contributed by atoms with van der Waals surface area (Å²) in [4.78, 5) is 5.62. The van der Waals surface area contributed by atoms with Crippen molar-refractivity contribution in [2.75, 3.05) is 0 Å². The molecule has 0 aromatic carbocycles. The van der Waals surface area contributed by atoms with Gasteiger partial charge in [0.15, 0.2) is 0 Å². The van der Waals surface area contributed by atoms with E-state index >= 15 is 0 Å². The van der Waals surface area contributed by atoms with Gasteiger partial charge >= 0.3 is 0 Å². The Balaban J connectivity index is 1.87. The number of aromatic nitrogens is 1. The van der Waals surface area contributed by atoms with Crippen LogP contribution in [0.25, 0.3) is 0 Å². The Morgan fingerprint density at radius 3 is 3.06 bits per heavy atom. The average molecular weight is 236 g/mol. The summed E-state index contributed by atoms with van der Waals surface area (Å²) < 4.78 is 5.06. The van der Waals surface area contributed by atoms with E-state index < -0.39 is 0 Å². The van der Waals surface area contributed by atoms with E-state index in [0.717, 1.165) is 13.0 Å². The molecule has 2 aromatic rings. The lowest BCUT2D eigenvalue weighted by Gasteiger charge is -2.10. The molecule has 1 atom stereocenters. The van der Waals surface area contributed by atoms with Gasteiger partial charge in [-0.15, -0.1) is 11.3 Å². The average Bonchev–Trinajstić information content (AvgIpc) is 2.96. The molecule has 0 aliphatic rings. The van der Waals surface area contributed by atoms with Gasteiger partial charge in [-0.25, -0.2) is 4.98 Å². The first-order valence-electron chi connectivity index (χ1n) is 5.48. The van der Waals surface area contributed by atoms with E-state index in [0.29, 0.717) is 6.04 Å². The minimum absolute atomic E-state index is 0.311. The number of hydrogen-bond acceptors (Lipinski definition) is 4. The molecular formula is C12H16N2OS. The largest absolute Gasteiger partial charge is 0.472 e. The highest BCUT2D eigenvalue weighted by Gasteiger charge is 2.07. The second-order valence-electron chi connectivity index (χ2n) is 3.73. The molecule has 3 nitrogen and oxygen atoms in total. The van der Waals surface area contributed by atoms with E-state index in [2.05, 4.69) is 24.1 Å². The number of nitrogens with one attached hydrogen (secondary N) is 1. The van der Waals surface area contributed by atoms with Gasteiger partial charge in [0.1, 0.15) is 0 Å². The topological polar surface area (TPSA) is 38.1 Å². The fourth-order valence-corrected chi connectivity index (χ4v) is 2.30. The molecule has 1 unspecified atom stereocenters. The highest BCUT2D eigenvalue weighted by molar-refractivity contribution is 7.11. The molecule has 0 saturated heterocycles. The van der Waals surface area contributed by atoms with Crippen LogP contribution in [0.1, 0.15) is 35.3 Å². The molecule has 0 bridgehead atoms. The molecule has 0 aliphatic carbocycles. The highest BCUT2D eigenvalue weighted by Crippen LogP contribution is 2.16. The molecule has 4 heteroatoms. The van der Waals surface area contributed by atoms with Crippen molar-refractivity contribution in [1.29, 1.82) is 0 Å². The molecular weight excluding hydrogens is 220 g/mol. The van der Waals surface area contributed by atoms with Crippen molar-refractivity contribution >= 4 is 11.3 Å². The van der Waals surface area contributed by atoms with Crippen LogP contribution in [-0.2, 0) is 13.0 Å². The predicted octanol–water partition coefficient (Wildman–Crippen LogP) is 3.15. The Bertz CT molecular complexity index is 422. The lowest BCUT2D eigenvalue weighted by molar-refractivity contribution is 0.539. The van der Waals surface area contributed by atoms with Crippen molar-refractivity contribution in [2.45, 2.75) is 32.9 Å². The molecule has 0 spiro atoms. The summed E-state index contributed by atoms with van der Waals surface area (Å²) in [6, 6.07) is 2.30. The Kier molecular flexibility index (Phi) is 3.74. The standard InChI is InChI=1S/C12H16N2OS/c1-3-12-14-7-11(16-12)6-13-9(2)10-4-5-15-8-10/h4-5,7-9,13H,3,6H2,1-2H3. The monoisotopic (exact) mass is 236 g/mol. The quantitative estimate of drug-likeness (QED) is 0.866. The smallest absolute Gasteiger partial charge is 0.0950 e. The summed E-state index contributed by atoms with van der Waals surface area (Å²) in [5.74, 6) is 0. The molecule has 86 valence electrons. The summed E-state index contributed by atoms with van der Waals surface area (Å²) in [5.41, 5.74) is 1.18. The van der Waals surface area contributed by atoms with Gasteiger partial charge in [-0.2, -0.15) is 0 Å². The third-order valence-corrected chi connectivity index (χ3v) is 3.67. The van der Waals surface area contributed by atoms with Gasteiger partial charge < -0.3 is 9.73 Å². The second kappa shape index (κ2) is 5.27. The van der Waals surface area contributed by atoms with E-state index in [9.17, 15) is 0 Å². The molecule has 1 N–H and O–H groups in total. The Labute approximate surface area is 99.5 Å². The first-order valence-corrected chi connectivity index (χ1v) is 6.30. The van der Waals surface area contributed by atoms with Gasteiger partial charge in [-0.05, 0) is 19.4 Å². The summed E-state index contributed by atoms with van der Waals surface area (Å²) in [5, 5.41) is 4.65. The van der Waals surface area contributed by atoms with Gasteiger partial charge in [-0.1, -0.05) is 6.92 Å². The number of nitrogens with zero attached hydrogens (tertiary/aromatic N) is 1. The van der Waals surface area contributed by atoms with Crippen LogP contribution in [0.2, 0.25) is 0 Å². The van der Waals surface area contributed by atoms with Crippen LogP contribution in [0, 0.1) is 0 Å². The van der Waals surface area contributed by atoms with Gasteiger partial charge in [0.2, 0.25) is 0 Å². The fraction of sp³-hybridized carbons (Fsp3) is 0.417. The maximum absolute atomic E-state index is 5.06. The summed E-state index contributed by atoms with van der Waals surface area (Å²) >= 11 is 1.78. The molecule has 16 heavy (non-hydrogen) atoms. The highest BCUT2D eigenvalue weighted by atomic mass is 32.1. The molecule has 2 rings (SSSR count).